The fourth-order valence-corrected chi connectivity index (χ4v) is 4.44. The summed E-state index contributed by atoms with van der Waals surface area (Å²) in [6.45, 7) is 0. The smallest absolute Gasteiger partial charge is 0.101 e. The van der Waals surface area contributed by atoms with Gasteiger partial charge >= 0.3 is 0 Å². The lowest BCUT2D eigenvalue weighted by atomic mass is 10.00. The number of aromatic nitrogens is 2. The van der Waals surface area contributed by atoms with Crippen LogP contribution < -0.4 is 5.43 Å². The molecule has 0 aliphatic carbocycles. The number of hydrogen-bond acceptors (Lipinski definition) is 4. The number of imidazole rings is 1. The Morgan fingerprint density at radius 1 is 1.21 bits per heavy atom. The molecular formula is C16H11Cl3N4S. The minimum atomic E-state index is -0.0366. The molecule has 1 aromatic carbocycles. The minimum absolute atomic E-state index is 0.0366. The SMILES string of the molecule is Clc1cc(Cl)c2c(c1)CC(n1ccnc1)C(c1ccc(Cl)s1)=NN2. The molecule has 122 valence electrons. The summed E-state index contributed by atoms with van der Waals surface area (Å²) in [5.41, 5.74) is 5.77. The zero-order valence-electron chi connectivity index (χ0n) is 12.2. The molecule has 0 saturated heterocycles. The van der Waals surface area contributed by atoms with Crippen molar-refractivity contribution in [3.8, 4) is 0 Å². The van der Waals surface area contributed by atoms with Crippen LogP contribution in [0.25, 0.3) is 0 Å². The lowest BCUT2D eigenvalue weighted by Gasteiger charge is -2.18. The maximum Gasteiger partial charge on any atom is 0.101 e. The third-order valence-electron chi connectivity index (χ3n) is 3.86. The number of halogens is 3. The first-order valence-corrected chi connectivity index (χ1v) is 9.11. The monoisotopic (exact) mass is 396 g/mol. The predicted molar refractivity (Wildman–Crippen MR) is 101 cm³/mol. The standard InChI is InChI=1S/C16H11Cl3N4S/c17-10-5-9-6-12(23-4-3-20-8-23)16(13-1-2-14(19)24-13)22-21-15(9)11(18)7-10/h1-5,7-8,12,21H,6H2. The highest BCUT2D eigenvalue weighted by molar-refractivity contribution is 7.18. The molecule has 1 aliphatic rings. The number of rotatable bonds is 2. The van der Waals surface area contributed by atoms with Gasteiger partial charge in [0.25, 0.3) is 0 Å². The maximum absolute atomic E-state index is 6.34. The van der Waals surface area contributed by atoms with Crippen molar-refractivity contribution in [2.75, 3.05) is 5.43 Å². The van der Waals surface area contributed by atoms with Crippen LogP contribution in [0.3, 0.4) is 0 Å². The summed E-state index contributed by atoms with van der Waals surface area (Å²) in [6.07, 6.45) is 6.15. The summed E-state index contributed by atoms with van der Waals surface area (Å²) >= 11 is 20.1. The molecule has 4 rings (SSSR count). The van der Waals surface area contributed by atoms with E-state index in [9.17, 15) is 0 Å². The number of benzene rings is 1. The van der Waals surface area contributed by atoms with Crippen molar-refractivity contribution >= 4 is 57.5 Å². The Hall–Kier alpha value is -1.53. The van der Waals surface area contributed by atoms with Crippen LogP contribution in [0.5, 0.6) is 0 Å². The van der Waals surface area contributed by atoms with Crippen LogP contribution in [-0.4, -0.2) is 15.3 Å². The molecule has 8 heteroatoms. The molecule has 0 radical (unpaired) electrons. The van der Waals surface area contributed by atoms with Gasteiger partial charge in [-0.2, -0.15) is 5.10 Å². The first kappa shape index (κ1) is 16.0. The van der Waals surface area contributed by atoms with Gasteiger partial charge in [0.1, 0.15) is 5.71 Å². The average molecular weight is 398 g/mol. The van der Waals surface area contributed by atoms with Gasteiger partial charge in [-0.15, -0.1) is 11.3 Å². The normalized spacial score (nSPS) is 17.0. The summed E-state index contributed by atoms with van der Waals surface area (Å²) in [5, 5.41) is 5.77. The van der Waals surface area contributed by atoms with E-state index in [0.29, 0.717) is 16.5 Å². The Morgan fingerprint density at radius 2 is 2.08 bits per heavy atom. The second-order valence-electron chi connectivity index (χ2n) is 5.36. The van der Waals surface area contributed by atoms with Gasteiger partial charge in [0.05, 0.1) is 32.3 Å². The molecule has 1 atom stereocenters. The molecule has 1 unspecified atom stereocenters. The Labute approximate surface area is 157 Å². The third-order valence-corrected chi connectivity index (χ3v) is 5.63. The van der Waals surface area contributed by atoms with Gasteiger partial charge in [-0.05, 0) is 29.8 Å². The summed E-state index contributed by atoms with van der Waals surface area (Å²) in [6, 6.07) is 7.44. The van der Waals surface area contributed by atoms with Crippen LogP contribution in [0, 0.1) is 0 Å². The third kappa shape index (κ3) is 2.93. The van der Waals surface area contributed by atoms with E-state index in [1.165, 1.54) is 11.3 Å². The molecule has 24 heavy (non-hydrogen) atoms. The van der Waals surface area contributed by atoms with Gasteiger partial charge in [0.2, 0.25) is 0 Å². The van der Waals surface area contributed by atoms with Crippen LogP contribution in [0.15, 0.2) is 48.1 Å². The van der Waals surface area contributed by atoms with Crippen molar-refractivity contribution in [2.45, 2.75) is 12.5 Å². The molecule has 3 aromatic rings. The van der Waals surface area contributed by atoms with Crippen LogP contribution in [0.1, 0.15) is 16.5 Å². The van der Waals surface area contributed by atoms with Crippen molar-refractivity contribution in [1.82, 2.24) is 9.55 Å². The molecule has 0 saturated carbocycles. The highest BCUT2D eigenvalue weighted by Gasteiger charge is 2.26. The van der Waals surface area contributed by atoms with Crippen molar-refractivity contribution in [1.29, 1.82) is 0 Å². The zero-order valence-corrected chi connectivity index (χ0v) is 15.3. The van der Waals surface area contributed by atoms with E-state index in [2.05, 4.69) is 15.5 Å². The molecule has 0 bridgehead atoms. The molecule has 1 N–H and O–H groups in total. The van der Waals surface area contributed by atoms with Gasteiger partial charge in [0, 0.05) is 23.8 Å². The van der Waals surface area contributed by atoms with Crippen LogP contribution >= 0.6 is 46.1 Å². The summed E-state index contributed by atoms with van der Waals surface area (Å²) in [7, 11) is 0. The molecule has 2 aromatic heterocycles. The maximum atomic E-state index is 6.34. The summed E-state index contributed by atoms with van der Waals surface area (Å²) in [5.74, 6) is 0. The van der Waals surface area contributed by atoms with E-state index in [1.807, 2.05) is 29.0 Å². The Kier molecular flexibility index (Phi) is 4.26. The van der Waals surface area contributed by atoms with Gasteiger partial charge in [-0.3, -0.25) is 5.43 Å². The zero-order chi connectivity index (χ0) is 16.7. The van der Waals surface area contributed by atoms with Crippen molar-refractivity contribution in [2.24, 2.45) is 5.10 Å². The number of fused-ring (bicyclic) bond motifs is 1. The number of thiophene rings is 1. The van der Waals surface area contributed by atoms with Gasteiger partial charge < -0.3 is 4.57 Å². The largest absolute Gasteiger partial charge is 0.328 e. The first-order chi connectivity index (χ1) is 11.6. The number of hydrazone groups is 1. The van der Waals surface area contributed by atoms with Crippen molar-refractivity contribution in [3.63, 3.8) is 0 Å². The van der Waals surface area contributed by atoms with Crippen LogP contribution in [0.4, 0.5) is 5.69 Å². The van der Waals surface area contributed by atoms with E-state index in [4.69, 9.17) is 34.8 Å². The average Bonchev–Trinajstić information content (AvgIpc) is 3.16. The van der Waals surface area contributed by atoms with E-state index < -0.39 is 0 Å². The van der Waals surface area contributed by atoms with Gasteiger partial charge in [-0.25, -0.2) is 4.98 Å². The molecule has 3 heterocycles. The Morgan fingerprint density at radius 3 is 2.79 bits per heavy atom. The summed E-state index contributed by atoms with van der Waals surface area (Å²) < 4.78 is 2.75. The van der Waals surface area contributed by atoms with E-state index in [1.54, 1.807) is 18.6 Å². The number of hydrogen-bond donors (Lipinski definition) is 1. The fraction of sp³-hybridized carbons (Fsp3) is 0.125. The number of nitrogens with one attached hydrogen (secondary N) is 1. The molecular weight excluding hydrogens is 387 g/mol. The highest BCUT2D eigenvalue weighted by atomic mass is 35.5. The Balaban J connectivity index is 1.85. The molecule has 0 amide bonds. The lowest BCUT2D eigenvalue weighted by molar-refractivity contribution is 0.637. The van der Waals surface area contributed by atoms with Crippen molar-refractivity contribution in [3.05, 3.63) is 67.8 Å². The lowest BCUT2D eigenvalue weighted by Crippen LogP contribution is -2.20. The first-order valence-electron chi connectivity index (χ1n) is 7.16. The van der Waals surface area contributed by atoms with E-state index in [-0.39, 0.29) is 6.04 Å². The van der Waals surface area contributed by atoms with Gasteiger partial charge in [0.15, 0.2) is 0 Å². The fourth-order valence-electron chi connectivity index (χ4n) is 2.78. The van der Waals surface area contributed by atoms with Crippen molar-refractivity contribution < 1.29 is 0 Å². The molecule has 0 spiro atoms. The number of nitrogens with zero attached hydrogens (tertiary/aromatic N) is 3. The molecule has 1 aliphatic heterocycles. The van der Waals surface area contributed by atoms with Gasteiger partial charge in [-0.1, -0.05) is 34.8 Å². The van der Waals surface area contributed by atoms with E-state index in [0.717, 1.165) is 26.2 Å². The number of anilines is 1. The Bertz CT molecular complexity index is 918. The van der Waals surface area contributed by atoms with Crippen LogP contribution in [0.2, 0.25) is 14.4 Å². The molecule has 4 nitrogen and oxygen atoms in total. The molecule has 0 fully saturated rings. The minimum Gasteiger partial charge on any atom is -0.328 e. The van der Waals surface area contributed by atoms with E-state index >= 15 is 0 Å². The highest BCUT2D eigenvalue weighted by Crippen LogP contribution is 2.37. The second kappa shape index (κ2) is 6.41. The topological polar surface area (TPSA) is 42.2 Å². The second-order valence-corrected chi connectivity index (χ2v) is 7.92. The predicted octanol–water partition coefficient (Wildman–Crippen LogP) is 5.52. The quantitative estimate of drug-likeness (QED) is 0.619. The summed E-state index contributed by atoms with van der Waals surface area (Å²) in [4.78, 5) is 5.17. The van der Waals surface area contributed by atoms with Crippen LogP contribution in [-0.2, 0) is 6.42 Å².